The highest BCUT2D eigenvalue weighted by Crippen LogP contribution is 2.47. The molecule has 0 atom stereocenters. The van der Waals surface area contributed by atoms with Crippen molar-refractivity contribution in [1.82, 2.24) is 5.32 Å². The van der Waals surface area contributed by atoms with Gasteiger partial charge in [-0.1, -0.05) is 44.7 Å². The maximum atomic E-state index is 12.8. The van der Waals surface area contributed by atoms with Gasteiger partial charge in [-0.2, -0.15) is 0 Å². The van der Waals surface area contributed by atoms with E-state index < -0.39 is 19.9 Å². The Balaban J connectivity index is 2.01. The molecule has 0 saturated carbocycles. The topological polar surface area (TPSA) is 92.3 Å². The summed E-state index contributed by atoms with van der Waals surface area (Å²) in [6.07, 6.45) is -0.400. The molecular weight excluding hydrogens is 420 g/mol. The fourth-order valence-electron chi connectivity index (χ4n) is 1.67. The first-order valence-electron chi connectivity index (χ1n) is 7.50. The summed E-state index contributed by atoms with van der Waals surface area (Å²) in [5.41, 5.74) is 0. The molecule has 0 fully saturated rings. The number of nitrogens with one attached hydrogen (secondary N) is 1. The summed E-state index contributed by atoms with van der Waals surface area (Å²) in [4.78, 5) is 21.2. The van der Waals surface area contributed by atoms with Crippen LogP contribution in [0, 0.1) is 0 Å². The van der Waals surface area contributed by atoms with Crippen molar-refractivity contribution in [3.8, 4) is 11.5 Å². The van der Waals surface area contributed by atoms with Crippen LogP contribution in [0.2, 0.25) is 10.0 Å². The lowest BCUT2D eigenvalue weighted by atomic mass is 10.3. The minimum Gasteiger partial charge on any atom is -0.468 e. The van der Waals surface area contributed by atoms with Crippen molar-refractivity contribution in [2.24, 2.45) is 0 Å². The normalized spacial score (nSPS) is 11.1. The second kappa shape index (κ2) is 10.5. The van der Waals surface area contributed by atoms with Crippen molar-refractivity contribution >= 4 is 36.8 Å². The Morgan fingerprint density at radius 1 is 1.00 bits per heavy atom. The van der Waals surface area contributed by atoms with Gasteiger partial charge in [0.1, 0.15) is 6.29 Å². The number of carbonyl (C=O) groups excluding carboxylic acids is 1. The number of halogens is 2. The van der Waals surface area contributed by atoms with Crippen LogP contribution in [0.25, 0.3) is 0 Å². The van der Waals surface area contributed by atoms with Crippen LogP contribution >= 0.6 is 30.8 Å². The predicted octanol–water partition coefficient (Wildman–Crippen LogP) is 4.23. The van der Waals surface area contributed by atoms with Gasteiger partial charge in [0, 0.05) is 22.2 Å². The molecule has 0 amide bonds. The monoisotopic (exact) mass is 435 g/mol. The van der Waals surface area contributed by atoms with Crippen molar-refractivity contribution in [3.63, 3.8) is 0 Å². The maximum absolute atomic E-state index is 12.8. The van der Waals surface area contributed by atoms with E-state index in [0.29, 0.717) is 10.0 Å². The molecule has 8 nitrogen and oxygen atoms in total. The average molecular weight is 436 g/mol. The van der Waals surface area contributed by atoms with Crippen LogP contribution in [0.15, 0.2) is 48.5 Å². The lowest BCUT2D eigenvalue weighted by Gasteiger charge is -2.16. The second-order valence-electron chi connectivity index (χ2n) is 5.00. The van der Waals surface area contributed by atoms with Crippen molar-refractivity contribution in [2.45, 2.75) is 0 Å². The molecule has 0 aliphatic rings. The van der Waals surface area contributed by atoms with Crippen LogP contribution in [0.5, 0.6) is 11.5 Å². The number of carbonyl (C=O) groups is 1. The average Bonchev–Trinajstić information content (AvgIpc) is 2.65. The first-order chi connectivity index (χ1) is 12.9. The Hall–Kier alpha value is -1.80. The van der Waals surface area contributed by atoms with Gasteiger partial charge in [-0.15, -0.1) is 0 Å². The molecule has 27 heavy (non-hydrogen) atoms. The zero-order valence-electron chi connectivity index (χ0n) is 14.1. The molecular formula is C16H16Cl2NO7P. The minimum absolute atomic E-state index is 0.196. The third kappa shape index (κ3) is 7.76. The molecule has 0 unspecified atom stereocenters. The van der Waals surface area contributed by atoms with E-state index in [-0.39, 0.29) is 18.0 Å². The van der Waals surface area contributed by atoms with Crippen molar-refractivity contribution in [1.29, 1.82) is 0 Å². The van der Waals surface area contributed by atoms with Crippen LogP contribution in [-0.2, 0) is 23.4 Å². The third-order valence-corrected chi connectivity index (χ3v) is 4.57. The molecule has 0 aliphatic heterocycles. The van der Waals surface area contributed by atoms with Gasteiger partial charge >= 0.3 is 13.6 Å². The number of esters is 1. The molecule has 11 heteroatoms. The minimum atomic E-state index is -4.00. The predicted molar refractivity (Wildman–Crippen MR) is 98.8 cm³/mol. The van der Waals surface area contributed by atoms with Crippen LogP contribution < -0.4 is 15.1 Å². The molecule has 2 aromatic rings. The van der Waals surface area contributed by atoms with Gasteiger partial charge in [-0.05, 0) is 24.3 Å². The van der Waals surface area contributed by atoms with Gasteiger partial charge in [0.2, 0.25) is 0 Å². The summed E-state index contributed by atoms with van der Waals surface area (Å²) in [6, 6.07) is 12.5. The number of hydrogen-bond acceptors (Lipinski definition) is 8. The van der Waals surface area contributed by atoms with E-state index in [4.69, 9.17) is 42.3 Å². The molecule has 0 spiro atoms. The zero-order chi connectivity index (χ0) is 19.7. The van der Waals surface area contributed by atoms with E-state index in [9.17, 15) is 9.36 Å². The van der Waals surface area contributed by atoms with E-state index in [1.807, 2.05) is 0 Å². The van der Waals surface area contributed by atoms with E-state index in [1.165, 1.54) is 31.4 Å². The fourth-order valence-corrected chi connectivity index (χ4v) is 2.95. The third-order valence-electron chi connectivity index (χ3n) is 2.89. The first-order valence-corrected chi connectivity index (χ1v) is 9.99. The van der Waals surface area contributed by atoms with E-state index in [1.54, 1.807) is 24.3 Å². The highest BCUT2D eigenvalue weighted by Gasteiger charge is 2.30. The smallest absolute Gasteiger partial charge is 0.418 e. The van der Waals surface area contributed by atoms with Gasteiger partial charge in [0.15, 0.2) is 11.5 Å². The van der Waals surface area contributed by atoms with Crippen molar-refractivity contribution < 1.29 is 33.2 Å². The summed E-state index contributed by atoms with van der Waals surface area (Å²) in [6.45, 7) is -0.221. The molecule has 0 heterocycles. The van der Waals surface area contributed by atoms with Crippen LogP contribution in [0.3, 0.4) is 0 Å². The quantitative estimate of drug-likeness (QED) is 0.256. The molecule has 2 rings (SSSR count). The van der Waals surface area contributed by atoms with Crippen LogP contribution in [0.1, 0.15) is 0 Å². The Kier molecular flexibility index (Phi) is 8.37. The Morgan fingerprint density at radius 2 is 1.52 bits per heavy atom. The first kappa shape index (κ1) is 21.5. The molecule has 146 valence electrons. The highest BCUT2D eigenvalue weighted by atomic mass is 35.5. The van der Waals surface area contributed by atoms with E-state index in [2.05, 4.69) is 10.1 Å². The molecule has 0 aromatic heterocycles. The summed E-state index contributed by atoms with van der Waals surface area (Å²) < 4.78 is 27.2. The Morgan fingerprint density at radius 3 is 1.96 bits per heavy atom. The van der Waals surface area contributed by atoms with Gasteiger partial charge in [-0.25, -0.2) is 0 Å². The molecule has 2 aromatic carbocycles. The molecule has 0 bridgehead atoms. The summed E-state index contributed by atoms with van der Waals surface area (Å²) in [7, 11) is -2.77. The van der Waals surface area contributed by atoms with E-state index >= 15 is 0 Å². The Labute approximate surface area is 165 Å². The number of hydrogen-bond donors (Lipinski definition) is 1. The lowest BCUT2D eigenvalue weighted by molar-refractivity contribution is -0.171. The van der Waals surface area contributed by atoms with E-state index in [0.717, 1.165) is 0 Å². The molecule has 0 radical (unpaired) electrons. The maximum Gasteiger partial charge on any atom is 0.418 e. The highest BCUT2D eigenvalue weighted by molar-refractivity contribution is 7.53. The SMILES string of the molecule is COC(=O)CNCP(=O)(OOc1cccc(Cl)c1)OOc1cccc(Cl)c1. The molecule has 0 aliphatic carbocycles. The zero-order valence-corrected chi connectivity index (χ0v) is 16.5. The number of methoxy groups -OCH3 is 1. The fraction of sp³-hybridized carbons (Fsp3) is 0.188. The van der Waals surface area contributed by atoms with Gasteiger partial charge in [0.05, 0.1) is 13.7 Å². The number of ether oxygens (including phenoxy) is 1. The van der Waals surface area contributed by atoms with Crippen molar-refractivity contribution in [3.05, 3.63) is 58.6 Å². The number of rotatable bonds is 10. The largest absolute Gasteiger partial charge is 0.468 e. The Bertz CT molecular complexity index is 767. The molecule has 0 saturated heterocycles. The summed E-state index contributed by atoms with van der Waals surface area (Å²) in [5, 5.41) is 3.36. The van der Waals surface area contributed by atoms with Gasteiger partial charge in [0.25, 0.3) is 0 Å². The number of benzene rings is 2. The lowest BCUT2D eigenvalue weighted by Crippen LogP contribution is -2.26. The molecule has 1 N–H and O–H groups in total. The second-order valence-corrected chi connectivity index (χ2v) is 7.71. The van der Waals surface area contributed by atoms with Gasteiger partial charge < -0.3 is 14.5 Å². The van der Waals surface area contributed by atoms with Crippen LogP contribution in [-0.4, -0.2) is 25.9 Å². The standard InChI is InChI=1S/C16H16Cl2NO7P/c1-22-16(20)10-19-11-27(21,25-23-14-6-2-4-12(17)8-14)26-24-15-7-3-5-13(18)9-15/h2-9,19H,10-11H2,1H3. The van der Waals surface area contributed by atoms with Crippen molar-refractivity contribution in [2.75, 3.05) is 19.9 Å². The summed E-state index contributed by atoms with van der Waals surface area (Å²) in [5.74, 6) is -0.169. The van der Waals surface area contributed by atoms with Crippen LogP contribution in [0.4, 0.5) is 0 Å². The summed E-state index contributed by atoms with van der Waals surface area (Å²) >= 11 is 11.7. The van der Waals surface area contributed by atoms with Gasteiger partial charge in [-0.3, -0.25) is 14.7 Å².